The summed E-state index contributed by atoms with van der Waals surface area (Å²) in [6.07, 6.45) is 7.54. The molecule has 1 aromatic carbocycles. The lowest BCUT2D eigenvalue weighted by Gasteiger charge is -2.42. The molecule has 3 N–H and O–H groups in total. The number of carbonyl (C=O) groups is 1. The third-order valence-electron chi connectivity index (χ3n) is 8.31. The van der Waals surface area contributed by atoms with Gasteiger partial charge in [-0.3, -0.25) is 0 Å². The van der Waals surface area contributed by atoms with Crippen molar-refractivity contribution in [3.05, 3.63) is 48.3 Å². The van der Waals surface area contributed by atoms with Gasteiger partial charge in [-0.25, -0.2) is 14.8 Å². The van der Waals surface area contributed by atoms with E-state index < -0.39 is 5.60 Å². The zero-order valence-electron chi connectivity index (χ0n) is 23.9. The Morgan fingerprint density at radius 1 is 1.00 bits per heavy atom. The number of aromatic hydroxyl groups is 1. The van der Waals surface area contributed by atoms with Gasteiger partial charge in [0, 0.05) is 56.2 Å². The van der Waals surface area contributed by atoms with Crippen LogP contribution < -0.4 is 15.5 Å². The van der Waals surface area contributed by atoms with E-state index in [1.165, 1.54) is 0 Å². The van der Waals surface area contributed by atoms with E-state index in [9.17, 15) is 9.90 Å². The molecule has 11 nitrogen and oxygen atoms in total. The summed E-state index contributed by atoms with van der Waals surface area (Å²) in [7, 11) is 0. The molecular weight excluding hydrogens is 520 g/mol. The molecule has 2 bridgehead atoms. The van der Waals surface area contributed by atoms with Crippen molar-refractivity contribution in [1.29, 1.82) is 0 Å². The van der Waals surface area contributed by atoms with Crippen molar-refractivity contribution in [2.45, 2.75) is 70.1 Å². The number of hydrogen-bond donors (Lipinski definition) is 2. The number of rotatable bonds is 4. The van der Waals surface area contributed by atoms with Crippen LogP contribution >= 0.6 is 0 Å². The molecule has 0 radical (unpaired) electrons. The largest absolute Gasteiger partial charge is 0.507 e. The zero-order valence-corrected chi connectivity index (χ0v) is 23.9. The van der Waals surface area contributed by atoms with Gasteiger partial charge in [0.2, 0.25) is 5.95 Å². The van der Waals surface area contributed by atoms with E-state index in [2.05, 4.69) is 20.0 Å². The molecule has 3 aromatic rings. The molecule has 11 heteroatoms. The Labute approximate surface area is 240 Å². The summed E-state index contributed by atoms with van der Waals surface area (Å²) in [4.78, 5) is 28.5. The van der Waals surface area contributed by atoms with Crippen molar-refractivity contribution in [1.82, 2.24) is 25.1 Å². The Bertz CT molecular complexity index is 1390. The molecular formula is C30H38N8O3. The first kappa shape index (κ1) is 27.0. The molecule has 3 saturated heterocycles. The average Bonchev–Trinajstić information content (AvgIpc) is 3.22. The van der Waals surface area contributed by atoms with Gasteiger partial charge in [0.05, 0.1) is 11.4 Å². The monoisotopic (exact) mass is 558 g/mol. The Morgan fingerprint density at radius 3 is 2.29 bits per heavy atom. The minimum absolute atomic E-state index is 0.164. The number of phenolic OH excluding ortho intramolecular Hbond substituents is 1. The van der Waals surface area contributed by atoms with Crippen LogP contribution in [0.5, 0.6) is 5.75 Å². The van der Waals surface area contributed by atoms with Crippen LogP contribution in [0.1, 0.15) is 57.9 Å². The predicted molar refractivity (Wildman–Crippen MR) is 157 cm³/mol. The molecule has 0 saturated carbocycles. The van der Waals surface area contributed by atoms with Crippen LogP contribution in [0.2, 0.25) is 0 Å². The molecule has 0 spiro atoms. The van der Waals surface area contributed by atoms with Crippen molar-refractivity contribution in [3.8, 4) is 17.0 Å². The number of piperazine rings is 1. The van der Waals surface area contributed by atoms with Crippen LogP contribution in [0.4, 0.5) is 22.2 Å². The number of nitrogens with zero attached hydrogens (tertiary/aromatic N) is 7. The molecule has 5 heterocycles. The Balaban J connectivity index is 1.11. The van der Waals surface area contributed by atoms with E-state index >= 15 is 0 Å². The first-order valence-electron chi connectivity index (χ1n) is 14.4. The van der Waals surface area contributed by atoms with E-state index in [1.807, 2.05) is 51.4 Å². The summed E-state index contributed by atoms with van der Waals surface area (Å²) in [5.74, 6) is 1.64. The van der Waals surface area contributed by atoms with Gasteiger partial charge < -0.3 is 30.3 Å². The average molecular weight is 559 g/mol. The zero-order chi connectivity index (χ0) is 28.7. The standard InChI is InChI=1S/C30H38N8O3/c1-30(2,3)41-29(40)36-12-10-19(11-13-36)20-15-32-28(33-16-20)38-21-8-9-22(38)18-37(17-21)25-14-24(34-35-27(25)31)23-6-4-5-7-26(23)39/h4-7,14-16,19,21-22,39H,8-13,17-18H2,1-3H3,(H2,31,35). The van der Waals surface area contributed by atoms with Gasteiger partial charge in [-0.2, -0.15) is 0 Å². The number of hydrogen-bond acceptors (Lipinski definition) is 10. The van der Waals surface area contributed by atoms with Crippen LogP contribution in [0.15, 0.2) is 42.7 Å². The van der Waals surface area contributed by atoms with Crippen molar-refractivity contribution < 1.29 is 14.6 Å². The minimum Gasteiger partial charge on any atom is -0.507 e. The maximum Gasteiger partial charge on any atom is 0.410 e. The third-order valence-corrected chi connectivity index (χ3v) is 8.31. The van der Waals surface area contributed by atoms with Gasteiger partial charge in [-0.1, -0.05) is 12.1 Å². The minimum atomic E-state index is -0.487. The molecule has 2 aromatic heterocycles. The number of carbonyl (C=O) groups excluding carboxylic acids is 1. The van der Waals surface area contributed by atoms with Crippen molar-refractivity contribution >= 4 is 23.5 Å². The summed E-state index contributed by atoms with van der Waals surface area (Å²) in [5, 5.41) is 18.8. The first-order valence-corrected chi connectivity index (χ1v) is 14.4. The highest BCUT2D eigenvalue weighted by molar-refractivity contribution is 5.74. The van der Waals surface area contributed by atoms with Crippen LogP contribution in [-0.4, -0.2) is 80.1 Å². The number of nitrogens with two attached hydrogens (primary N) is 1. The Hall–Kier alpha value is -4.15. The van der Waals surface area contributed by atoms with Gasteiger partial charge >= 0.3 is 6.09 Å². The van der Waals surface area contributed by atoms with Gasteiger partial charge in [0.15, 0.2) is 5.82 Å². The van der Waals surface area contributed by atoms with E-state index in [4.69, 9.17) is 20.4 Å². The van der Waals surface area contributed by atoms with Gasteiger partial charge in [-0.15, -0.1) is 10.2 Å². The molecule has 2 unspecified atom stereocenters. The summed E-state index contributed by atoms with van der Waals surface area (Å²) < 4.78 is 5.53. The van der Waals surface area contributed by atoms with Gasteiger partial charge in [-0.05, 0) is 76.1 Å². The van der Waals surface area contributed by atoms with E-state index in [0.717, 1.165) is 56.0 Å². The van der Waals surface area contributed by atoms with Crippen molar-refractivity contribution in [2.24, 2.45) is 0 Å². The number of amides is 1. The van der Waals surface area contributed by atoms with Gasteiger partial charge in [0.25, 0.3) is 0 Å². The Morgan fingerprint density at radius 2 is 1.66 bits per heavy atom. The van der Waals surface area contributed by atoms with Crippen molar-refractivity contribution in [3.63, 3.8) is 0 Å². The number of para-hydroxylation sites is 1. The molecule has 3 fully saturated rings. The van der Waals surface area contributed by atoms with Crippen LogP contribution in [-0.2, 0) is 4.74 Å². The number of nitrogen functional groups attached to an aromatic ring is 1. The lowest BCUT2D eigenvalue weighted by atomic mass is 9.91. The summed E-state index contributed by atoms with van der Waals surface area (Å²) >= 11 is 0. The molecule has 2 atom stereocenters. The van der Waals surface area contributed by atoms with E-state index in [1.54, 1.807) is 17.0 Å². The van der Waals surface area contributed by atoms with Crippen LogP contribution in [0.25, 0.3) is 11.3 Å². The van der Waals surface area contributed by atoms with Gasteiger partial charge in [0.1, 0.15) is 11.4 Å². The quantitative estimate of drug-likeness (QED) is 0.480. The molecule has 3 aliphatic rings. The maximum absolute atomic E-state index is 12.4. The second-order valence-electron chi connectivity index (χ2n) is 12.3. The smallest absolute Gasteiger partial charge is 0.410 e. The lowest BCUT2D eigenvalue weighted by molar-refractivity contribution is 0.0204. The second-order valence-corrected chi connectivity index (χ2v) is 12.3. The summed E-state index contributed by atoms with van der Waals surface area (Å²) in [6, 6.07) is 9.56. The number of piperidine rings is 1. The normalized spacial score (nSPS) is 21.3. The second kappa shape index (κ2) is 10.7. The van der Waals surface area contributed by atoms with E-state index in [0.29, 0.717) is 36.1 Å². The molecule has 6 rings (SSSR count). The lowest BCUT2D eigenvalue weighted by Crippen LogP contribution is -2.54. The first-order chi connectivity index (χ1) is 19.7. The summed E-state index contributed by atoms with van der Waals surface area (Å²) in [6.45, 7) is 8.58. The topological polar surface area (TPSA) is 134 Å². The fourth-order valence-electron chi connectivity index (χ4n) is 6.29. The summed E-state index contributed by atoms with van der Waals surface area (Å²) in [5.41, 5.74) is 8.99. The van der Waals surface area contributed by atoms with Crippen molar-refractivity contribution in [2.75, 3.05) is 41.7 Å². The van der Waals surface area contributed by atoms with Crippen LogP contribution in [0.3, 0.4) is 0 Å². The number of benzene rings is 1. The predicted octanol–water partition coefficient (Wildman–Crippen LogP) is 4.19. The number of likely N-dealkylation sites (tertiary alicyclic amines) is 1. The SMILES string of the molecule is CC(C)(C)OC(=O)N1CCC(c2cnc(N3C4CCC3CN(c3cc(-c5ccccc5O)nnc3N)C4)nc2)CC1. The molecule has 0 aliphatic carbocycles. The number of aromatic nitrogens is 4. The highest BCUT2D eigenvalue weighted by atomic mass is 16.6. The third kappa shape index (κ3) is 5.57. The number of ether oxygens (including phenoxy) is 1. The number of phenols is 1. The maximum atomic E-state index is 12.4. The van der Waals surface area contributed by atoms with E-state index in [-0.39, 0.29) is 23.9 Å². The number of fused-ring (bicyclic) bond motifs is 2. The fraction of sp³-hybridized carbons (Fsp3) is 0.500. The molecule has 41 heavy (non-hydrogen) atoms. The molecule has 3 aliphatic heterocycles. The number of anilines is 3. The molecule has 1 amide bonds. The highest BCUT2D eigenvalue weighted by Crippen LogP contribution is 2.38. The molecule has 216 valence electrons. The highest BCUT2D eigenvalue weighted by Gasteiger charge is 2.42. The Kier molecular flexibility index (Phi) is 7.04. The fourth-order valence-corrected chi connectivity index (χ4v) is 6.29. The van der Waals surface area contributed by atoms with Crippen LogP contribution in [0, 0.1) is 0 Å².